The summed E-state index contributed by atoms with van der Waals surface area (Å²) >= 11 is 0. The van der Waals surface area contributed by atoms with Crippen LogP contribution < -0.4 is 5.32 Å². The summed E-state index contributed by atoms with van der Waals surface area (Å²) in [5, 5.41) is 2.47. The van der Waals surface area contributed by atoms with Crippen molar-refractivity contribution in [1.82, 2.24) is 10.2 Å². The Morgan fingerprint density at radius 3 is 2.00 bits per heavy atom. The van der Waals surface area contributed by atoms with E-state index in [1.54, 1.807) is 12.1 Å². The van der Waals surface area contributed by atoms with Crippen molar-refractivity contribution in [3.8, 4) is 0 Å². The molecule has 36 heavy (non-hydrogen) atoms. The van der Waals surface area contributed by atoms with Gasteiger partial charge in [0, 0.05) is 13.5 Å². The number of esters is 2. The lowest BCUT2D eigenvalue weighted by atomic mass is 9.91. The van der Waals surface area contributed by atoms with Gasteiger partial charge in [-0.2, -0.15) is 0 Å². The van der Waals surface area contributed by atoms with Crippen molar-refractivity contribution in [3.05, 3.63) is 71.8 Å². The molecule has 1 fully saturated rings. The molecule has 1 unspecified atom stereocenters. The van der Waals surface area contributed by atoms with Crippen LogP contribution in [0.4, 0.5) is 4.79 Å². The normalized spacial score (nSPS) is 17.7. The van der Waals surface area contributed by atoms with E-state index in [-0.39, 0.29) is 31.6 Å². The minimum absolute atomic E-state index is 0.0290. The van der Waals surface area contributed by atoms with Crippen LogP contribution in [0.3, 0.4) is 0 Å². The summed E-state index contributed by atoms with van der Waals surface area (Å²) in [6.45, 7) is 5.41. The molecule has 0 spiro atoms. The van der Waals surface area contributed by atoms with Gasteiger partial charge < -0.3 is 24.4 Å². The molecule has 192 valence electrons. The minimum atomic E-state index is -1.06. The Labute approximate surface area is 210 Å². The predicted octanol–water partition coefficient (Wildman–Crippen LogP) is 3.42. The number of β-lactam (4-membered cyclic amide) rings is 1. The highest BCUT2D eigenvalue weighted by Gasteiger charge is 2.51. The standard InChI is InChI=1S/C27H32N2O7/c1-18(2)22(26(32)34-16-20-10-6-4-7-11-20)14-15-29-24(31)23(25(29)36-19(3)30)28-27(33)35-17-21-12-8-5-9-13-21/h4-13,18,22-23,25H,14-17H2,1-3H3,(H,28,33)/t22?,23-,25+/m1/s1. The van der Waals surface area contributed by atoms with E-state index in [1.807, 2.05) is 62.4 Å². The quantitative estimate of drug-likeness (QED) is 0.288. The first kappa shape index (κ1) is 26.7. The Bertz CT molecular complexity index is 1040. The van der Waals surface area contributed by atoms with Crippen molar-refractivity contribution >= 4 is 23.9 Å². The average Bonchev–Trinajstić information content (AvgIpc) is 2.87. The SMILES string of the molecule is CC(=O)O[C@H]1[C@H](NC(=O)OCc2ccccc2)C(=O)N1CCC(C(=O)OCc1ccccc1)C(C)C. The van der Waals surface area contributed by atoms with E-state index in [0.29, 0.717) is 6.42 Å². The maximum atomic E-state index is 12.8. The first-order valence-electron chi connectivity index (χ1n) is 11.9. The van der Waals surface area contributed by atoms with Gasteiger partial charge in [-0.15, -0.1) is 0 Å². The van der Waals surface area contributed by atoms with Gasteiger partial charge in [-0.25, -0.2) is 4.79 Å². The molecule has 2 amide bonds. The fraction of sp³-hybridized carbons (Fsp3) is 0.407. The van der Waals surface area contributed by atoms with Crippen LogP contribution in [0, 0.1) is 11.8 Å². The lowest BCUT2D eigenvalue weighted by molar-refractivity contribution is -0.190. The van der Waals surface area contributed by atoms with E-state index in [0.717, 1.165) is 11.1 Å². The molecule has 1 aliphatic heterocycles. The highest BCUT2D eigenvalue weighted by atomic mass is 16.6. The Balaban J connectivity index is 1.54. The van der Waals surface area contributed by atoms with Crippen LogP contribution in [0.15, 0.2) is 60.7 Å². The zero-order chi connectivity index (χ0) is 26.1. The zero-order valence-electron chi connectivity index (χ0n) is 20.7. The van der Waals surface area contributed by atoms with Crippen molar-refractivity contribution < 1.29 is 33.4 Å². The Hall–Kier alpha value is -3.88. The number of rotatable bonds is 11. The lowest BCUT2D eigenvalue weighted by Crippen LogP contribution is -2.72. The number of likely N-dealkylation sites (tertiary alicyclic amines) is 1. The molecule has 1 heterocycles. The minimum Gasteiger partial charge on any atom is -0.461 e. The molecular weight excluding hydrogens is 464 g/mol. The van der Waals surface area contributed by atoms with Crippen LogP contribution in [0.1, 0.15) is 38.3 Å². The van der Waals surface area contributed by atoms with Crippen LogP contribution in [0.2, 0.25) is 0 Å². The second-order valence-corrected chi connectivity index (χ2v) is 8.95. The molecule has 1 saturated heterocycles. The van der Waals surface area contributed by atoms with E-state index >= 15 is 0 Å². The van der Waals surface area contributed by atoms with Crippen LogP contribution in [-0.4, -0.2) is 47.7 Å². The molecule has 2 aromatic carbocycles. The highest BCUT2D eigenvalue weighted by Crippen LogP contribution is 2.26. The summed E-state index contributed by atoms with van der Waals surface area (Å²) in [5.41, 5.74) is 1.68. The van der Waals surface area contributed by atoms with Crippen LogP contribution in [-0.2, 0) is 41.8 Å². The summed E-state index contributed by atoms with van der Waals surface area (Å²) in [6, 6.07) is 17.4. The molecular formula is C27H32N2O7. The fourth-order valence-corrected chi connectivity index (χ4v) is 3.93. The van der Waals surface area contributed by atoms with Crippen molar-refractivity contribution in [2.45, 2.75) is 52.7 Å². The number of benzene rings is 2. The van der Waals surface area contributed by atoms with Crippen LogP contribution in [0.25, 0.3) is 0 Å². The largest absolute Gasteiger partial charge is 0.461 e. The van der Waals surface area contributed by atoms with Crippen molar-refractivity contribution in [1.29, 1.82) is 0 Å². The third-order valence-electron chi connectivity index (χ3n) is 5.93. The van der Waals surface area contributed by atoms with Crippen molar-refractivity contribution in [2.75, 3.05) is 6.54 Å². The van der Waals surface area contributed by atoms with E-state index in [2.05, 4.69) is 5.32 Å². The number of hydrogen-bond acceptors (Lipinski definition) is 7. The van der Waals surface area contributed by atoms with E-state index in [1.165, 1.54) is 11.8 Å². The monoisotopic (exact) mass is 496 g/mol. The van der Waals surface area contributed by atoms with Gasteiger partial charge in [0.2, 0.25) is 6.23 Å². The molecule has 0 aromatic heterocycles. The summed E-state index contributed by atoms with van der Waals surface area (Å²) in [6.07, 6.45) is -1.45. The summed E-state index contributed by atoms with van der Waals surface area (Å²) in [5.74, 6) is -1.85. The number of ether oxygens (including phenoxy) is 3. The number of nitrogens with zero attached hydrogens (tertiary/aromatic N) is 1. The van der Waals surface area contributed by atoms with Gasteiger partial charge in [0.25, 0.3) is 5.91 Å². The van der Waals surface area contributed by atoms with Gasteiger partial charge in [0.15, 0.2) is 6.04 Å². The molecule has 3 atom stereocenters. The fourth-order valence-electron chi connectivity index (χ4n) is 3.93. The number of hydrogen-bond donors (Lipinski definition) is 1. The Morgan fingerprint density at radius 1 is 0.917 bits per heavy atom. The van der Waals surface area contributed by atoms with Gasteiger partial charge in [-0.3, -0.25) is 14.4 Å². The van der Waals surface area contributed by atoms with E-state index < -0.39 is 36.2 Å². The number of carbonyl (C=O) groups excluding carboxylic acids is 4. The highest BCUT2D eigenvalue weighted by molar-refractivity contribution is 5.92. The molecule has 1 N–H and O–H groups in total. The molecule has 9 nitrogen and oxygen atoms in total. The molecule has 3 rings (SSSR count). The molecule has 9 heteroatoms. The van der Waals surface area contributed by atoms with Gasteiger partial charge in [0.1, 0.15) is 13.2 Å². The number of nitrogens with one attached hydrogen (secondary N) is 1. The third kappa shape index (κ3) is 7.31. The van der Waals surface area contributed by atoms with Gasteiger partial charge in [0.05, 0.1) is 5.92 Å². The summed E-state index contributed by atoms with van der Waals surface area (Å²) in [4.78, 5) is 50.7. The van der Waals surface area contributed by atoms with Crippen LogP contribution >= 0.6 is 0 Å². The molecule has 0 aliphatic carbocycles. The molecule has 0 radical (unpaired) electrons. The van der Waals surface area contributed by atoms with Crippen molar-refractivity contribution in [3.63, 3.8) is 0 Å². The zero-order valence-corrected chi connectivity index (χ0v) is 20.7. The predicted molar refractivity (Wildman–Crippen MR) is 130 cm³/mol. The smallest absolute Gasteiger partial charge is 0.408 e. The van der Waals surface area contributed by atoms with Gasteiger partial charge >= 0.3 is 18.0 Å². The maximum Gasteiger partial charge on any atom is 0.408 e. The molecule has 0 bridgehead atoms. The Morgan fingerprint density at radius 2 is 1.47 bits per heavy atom. The topological polar surface area (TPSA) is 111 Å². The molecule has 0 saturated carbocycles. The number of amides is 2. The van der Waals surface area contributed by atoms with E-state index in [4.69, 9.17) is 14.2 Å². The summed E-state index contributed by atoms with van der Waals surface area (Å²) < 4.78 is 15.9. The molecule has 2 aromatic rings. The first-order chi connectivity index (χ1) is 17.3. The molecule has 1 aliphatic rings. The van der Waals surface area contributed by atoms with E-state index in [9.17, 15) is 19.2 Å². The lowest BCUT2D eigenvalue weighted by Gasteiger charge is -2.45. The van der Waals surface area contributed by atoms with Gasteiger partial charge in [-0.05, 0) is 23.5 Å². The van der Waals surface area contributed by atoms with Crippen molar-refractivity contribution in [2.24, 2.45) is 11.8 Å². The first-order valence-corrected chi connectivity index (χ1v) is 11.9. The second kappa shape index (κ2) is 12.7. The second-order valence-electron chi connectivity index (χ2n) is 8.95. The maximum absolute atomic E-state index is 12.8. The third-order valence-corrected chi connectivity index (χ3v) is 5.93. The van der Waals surface area contributed by atoms with Crippen LogP contribution in [0.5, 0.6) is 0 Å². The van der Waals surface area contributed by atoms with Gasteiger partial charge in [-0.1, -0.05) is 74.5 Å². The Kier molecular flexibility index (Phi) is 9.44. The number of alkyl carbamates (subject to hydrolysis) is 1. The number of carbonyl (C=O) groups is 4. The average molecular weight is 497 g/mol. The summed E-state index contributed by atoms with van der Waals surface area (Å²) in [7, 11) is 0.